The molecule has 1 aliphatic heterocycles. The van der Waals surface area contributed by atoms with Crippen LogP contribution in [0.5, 0.6) is 0 Å². The van der Waals surface area contributed by atoms with Crippen molar-refractivity contribution in [3.63, 3.8) is 0 Å². The lowest BCUT2D eigenvalue weighted by Gasteiger charge is -2.35. The summed E-state index contributed by atoms with van der Waals surface area (Å²) in [5, 5.41) is 12.6. The minimum absolute atomic E-state index is 0.155. The summed E-state index contributed by atoms with van der Waals surface area (Å²) in [6, 6.07) is 14.8. The third-order valence-corrected chi connectivity index (χ3v) is 6.23. The first-order valence-corrected chi connectivity index (χ1v) is 11.1. The van der Waals surface area contributed by atoms with Crippen LogP contribution in [0, 0.1) is 5.82 Å². The summed E-state index contributed by atoms with van der Waals surface area (Å²) in [5.41, 5.74) is 4.35. The molecule has 0 saturated heterocycles. The van der Waals surface area contributed by atoms with Gasteiger partial charge in [-0.05, 0) is 61.9 Å². The highest BCUT2D eigenvalue weighted by molar-refractivity contribution is 5.97. The Labute approximate surface area is 191 Å². The van der Waals surface area contributed by atoms with Crippen molar-refractivity contribution in [1.82, 2.24) is 20.1 Å². The fourth-order valence-corrected chi connectivity index (χ4v) is 4.72. The van der Waals surface area contributed by atoms with Gasteiger partial charge in [-0.15, -0.1) is 0 Å². The van der Waals surface area contributed by atoms with Crippen molar-refractivity contribution in [3.8, 4) is 0 Å². The zero-order chi connectivity index (χ0) is 23.1. The van der Waals surface area contributed by atoms with Gasteiger partial charge >= 0.3 is 0 Å². The number of benzene rings is 2. The molecule has 0 fully saturated rings. The molecule has 2 aromatic heterocycles. The Kier molecular flexibility index (Phi) is 5.42. The number of rotatable bonds is 5. The van der Waals surface area contributed by atoms with E-state index in [-0.39, 0.29) is 23.6 Å². The molecule has 0 aliphatic carbocycles. The molecule has 0 bridgehead atoms. The number of aromatic nitrogens is 3. The highest BCUT2D eigenvalue weighted by Gasteiger charge is 2.36. The van der Waals surface area contributed by atoms with Crippen LogP contribution < -0.4 is 16.2 Å². The van der Waals surface area contributed by atoms with Crippen LogP contribution in [0.3, 0.4) is 0 Å². The van der Waals surface area contributed by atoms with Crippen molar-refractivity contribution in [1.29, 1.82) is 0 Å². The van der Waals surface area contributed by atoms with Crippen LogP contribution in [0.1, 0.15) is 54.2 Å². The molecule has 0 radical (unpaired) electrons. The number of anilines is 1. The summed E-state index contributed by atoms with van der Waals surface area (Å²) in [4.78, 5) is 17.3. The molecule has 0 spiro atoms. The maximum absolute atomic E-state index is 14.6. The van der Waals surface area contributed by atoms with Crippen molar-refractivity contribution in [2.24, 2.45) is 0 Å². The van der Waals surface area contributed by atoms with Gasteiger partial charge in [0.25, 0.3) is 5.56 Å². The Bertz CT molecular complexity index is 1370. The molecule has 2 N–H and O–H groups in total. The molecule has 2 aromatic carbocycles. The number of halogens is 1. The Hall–Kier alpha value is -3.58. The number of pyridine rings is 1. The van der Waals surface area contributed by atoms with Crippen LogP contribution in [0.4, 0.5) is 10.1 Å². The minimum Gasteiger partial charge on any atom is -0.377 e. The van der Waals surface area contributed by atoms with E-state index in [2.05, 4.69) is 39.9 Å². The van der Waals surface area contributed by atoms with E-state index in [4.69, 9.17) is 5.10 Å². The predicted molar refractivity (Wildman–Crippen MR) is 128 cm³/mol. The number of nitrogens with one attached hydrogen (secondary N) is 2. The van der Waals surface area contributed by atoms with Crippen LogP contribution >= 0.6 is 0 Å². The monoisotopic (exact) mass is 443 g/mol. The maximum atomic E-state index is 14.6. The third kappa shape index (κ3) is 3.68. The lowest BCUT2D eigenvalue weighted by atomic mass is 9.80. The first-order valence-electron chi connectivity index (χ1n) is 11.1. The Morgan fingerprint density at radius 1 is 1.09 bits per heavy atom. The molecule has 0 saturated carbocycles. The molecule has 3 heterocycles. The van der Waals surface area contributed by atoms with Gasteiger partial charge in [-0.25, -0.2) is 9.07 Å². The molecular weight excluding hydrogens is 417 g/mol. The van der Waals surface area contributed by atoms with Crippen molar-refractivity contribution >= 4 is 16.5 Å². The summed E-state index contributed by atoms with van der Waals surface area (Å²) in [6.45, 7) is 4.60. The molecule has 0 amide bonds. The Balaban J connectivity index is 1.81. The summed E-state index contributed by atoms with van der Waals surface area (Å²) in [7, 11) is 1.92. The van der Waals surface area contributed by atoms with E-state index in [9.17, 15) is 9.18 Å². The number of nitrogens with zero attached hydrogens (tertiary/aromatic N) is 3. The third-order valence-electron chi connectivity index (χ3n) is 6.23. The molecule has 7 heteroatoms. The average molecular weight is 444 g/mol. The van der Waals surface area contributed by atoms with Crippen LogP contribution in [-0.4, -0.2) is 21.8 Å². The second kappa shape index (κ2) is 8.41. The van der Waals surface area contributed by atoms with Crippen molar-refractivity contribution in [3.05, 3.63) is 99.5 Å². The molecule has 0 unspecified atom stereocenters. The van der Waals surface area contributed by atoms with Gasteiger partial charge in [0.15, 0.2) is 0 Å². The van der Waals surface area contributed by atoms with Gasteiger partial charge in [-0.2, -0.15) is 5.10 Å². The largest absolute Gasteiger partial charge is 0.377 e. The fraction of sp³-hybridized carbons (Fsp3) is 0.269. The van der Waals surface area contributed by atoms with E-state index in [1.165, 1.54) is 22.4 Å². The second-order valence-corrected chi connectivity index (χ2v) is 8.76. The molecule has 168 valence electrons. The van der Waals surface area contributed by atoms with E-state index in [0.29, 0.717) is 16.5 Å². The number of hydrogen-bond donors (Lipinski definition) is 2. The van der Waals surface area contributed by atoms with Gasteiger partial charge in [-0.3, -0.25) is 9.78 Å². The van der Waals surface area contributed by atoms with Crippen molar-refractivity contribution < 1.29 is 4.39 Å². The molecule has 33 heavy (non-hydrogen) atoms. The maximum Gasteiger partial charge on any atom is 0.275 e. The van der Waals surface area contributed by atoms with Crippen LogP contribution in [0.2, 0.25) is 0 Å². The molecule has 4 aromatic rings. The summed E-state index contributed by atoms with van der Waals surface area (Å²) < 4.78 is 16.1. The number of hydrogen-bond acceptors (Lipinski definition) is 5. The van der Waals surface area contributed by atoms with Gasteiger partial charge in [0.05, 0.1) is 29.1 Å². The fourth-order valence-electron chi connectivity index (χ4n) is 4.72. The van der Waals surface area contributed by atoms with Gasteiger partial charge in [0, 0.05) is 30.0 Å². The Morgan fingerprint density at radius 2 is 1.82 bits per heavy atom. The van der Waals surface area contributed by atoms with Crippen LogP contribution in [-0.2, 0) is 6.54 Å². The normalized spacial score (nSPS) is 17.4. The first kappa shape index (κ1) is 21.3. The molecule has 6 nitrogen and oxygen atoms in total. The van der Waals surface area contributed by atoms with E-state index in [1.54, 1.807) is 12.4 Å². The SMILES string of the molecule is CNCc1ccc([C@H]2c3nn(C(C)C)c(=O)c4cc(F)cc(c34)N[C@@H]2c2ccncc2)cc1. The lowest BCUT2D eigenvalue weighted by molar-refractivity contribution is 0.486. The van der Waals surface area contributed by atoms with Crippen molar-refractivity contribution in [2.75, 3.05) is 12.4 Å². The van der Waals surface area contributed by atoms with Crippen LogP contribution in [0.25, 0.3) is 10.8 Å². The molecule has 5 rings (SSSR count). The van der Waals surface area contributed by atoms with E-state index in [1.807, 2.05) is 33.0 Å². The van der Waals surface area contributed by atoms with E-state index < -0.39 is 5.82 Å². The molecule has 2 atom stereocenters. The predicted octanol–water partition coefficient (Wildman–Crippen LogP) is 4.53. The first-order chi connectivity index (χ1) is 16.0. The van der Waals surface area contributed by atoms with Gasteiger partial charge < -0.3 is 10.6 Å². The van der Waals surface area contributed by atoms with Crippen LogP contribution in [0.15, 0.2) is 65.7 Å². The zero-order valence-corrected chi connectivity index (χ0v) is 18.8. The highest BCUT2D eigenvalue weighted by atomic mass is 19.1. The standard InChI is InChI=1S/C26H26FN5O/c1-15(2)32-26(33)20-12-19(27)13-21-23(20)25(31-32)22(17-6-4-16(5-7-17)14-28-3)24(30-21)18-8-10-29-11-9-18/h4-13,15,22,24,28,30H,14H2,1-3H3/t22-,24-/m1/s1. The smallest absolute Gasteiger partial charge is 0.275 e. The van der Waals surface area contributed by atoms with E-state index >= 15 is 0 Å². The van der Waals surface area contributed by atoms with E-state index in [0.717, 1.165) is 23.4 Å². The topological polar surface area (TPSA) is 71.8 Å². The highest BCUT2D eigenvalue weighted by Crippen LogP contribution is 2.46. The summed E-state index contributed by atoms with van der Waals surface area (Å²) in [5.74, 6) is -0.625. The average Bonchev–Trinajstić information content (AvgIpc) is 2.81. The van der Waals surface area contributed by atoms with Gasteiger partial charge in [0.2, 0.25) is 0 Å². The van der Waals surface area contributed by atoms with Crippen molar-refractivity contribution in [2.45, 2.75) is 38.4 Å². The van der Waals surface area contributed by atoms with Gasteiger partial charge in [-0.1, -0.05) is 24.3 Å². The summed E-state index contributed by atoms with van der Waals surface area (Å²) in [6.07, 6.45) is 3.51. The Morgan fingerprint density at radius 3 is 2.48 bits per heavy atom. The quantitative estimate of drug-likeness (QED) is 0.474. The summed E-state index contributed by atoms with van der Waals surface area (Å²) >= 11 is 0. The second-order valence-electron chi connectivity index (χ2n) is 8.76. The zero-order valence-electron chi connectivity index (χ0n) is 18.8. The molecule has 1 aliphatic rings. The lowest BCUT2D eigenvalue weighted by Crippen LogP contribution is -2.32. The molecular formula is C26H26FN5O. The van der Waals surface area contributed by atoms with Gasteiger partial charge in [0.1, 0.15) is 5.82 Å². The minimum atomic E-state index is -0.446.